The van der Waals surface area contributed by atoms with Gasteiger partial charge < -0.3 is 24.3 Å². The third-order valence-electron chi connectivity index (χ3n) is 6.56. The van der Waals surface area contributed by atoms with Crippen molar-refractivity contribution in [2.75, 3.05) is 37.1 Å². The summed E-state index contributed by atoms with van der Waals surface area (Å²) in [5, 5.41) is 6.96. The smallest absolute Gasteiger partial charge is 0.257 e. The Kier molecular flexibility index (Phi) is 8.56. The SMILES string of the molecule is COC[C@H](C)Oc1cc(Oc2cnc(N(CC3CC3)C(=O)[C@H]3CCCO3)cn2)cc(C(=O)Nc2ccn(C)n2)c1. The van der Waals surface area contributed by atoms with Crippen molar-refractivity contribution in [3.05, 3.63) is 48.4 Å². The number of nitrogens with one attached hydrogen (secondary N) is 1. The molecule has 1 aliphatic heterocycles. The van der Waals surface area contributed by atoms with Crippen LogP contribution in [-0.4, -0.2) is 70.6 Å². The van der Waals surface area contributed by atoms with Gasteiger partial charge in [0.1, 0.15) is 23.7 Å². The molecule has 212 valence electrons. The second-order valence-electron chi connectivity index (χ2n) is 10.1. The second kappa shape index (κ2) is 12.4. The number of hydrogen-bond donors (Lipinski definition) is 1. The van der Waals surface area contributed by atoms with Gasteiger partial charge >= 0.3 is 0 Å². The van der Waals surface area contributed by atoms with Gasteiger partial charge in [0.25, 0.3) is 11.8 Å². The molecule has 3 aromatic rings. The Balaban J connectivity index is 1.34. The Hall–Kier alpha value is -4.03. The quantitative estimate of drug-likeness (QED) is 0.360. The van der Waals surface area contributed by atoms with Gasteiger partial charge in [0.05, 0.1) is 19.0 Å². The Morgan fingerprint density at radius 1 is 1.18 bits per heavy atom. The summed E-state index contributed by atoms with van der Waals surface area (Å²) in [5.41, 5.74) is 0.310. The molecule has 0 spiro atoms. The first-order chi connectivity index (χ1) is 19.4. The Morgan fingerprint density at radius 2 is 2.00 bits per heavy atom. The lowest BCUT2D eigenvalue weighted by Gasteiger charge is -2.24. The maximum absolute atomic E-state index is 13.1. The van der Waals surface area contributed by atoms with Gasteiger partial charge in [0, 0.05) is 51.2 Å². The number of carbonyl (C=O) groups excluding carboxylic acids is 2. The van der Waals surface area contributed by atoms with E-state index in [2.05, 4.69) is 20.4 Å². The van der Waals surface area contributed by atoms with Crippen LogP contribution in [0.3, 0.4) is 0 Å². The number of amides is 2. The Morgan fingerprint density at radius 3 is 2.65 bits per heavy atom. The van der Waals surface area contributed by atoms with E-state index in [9.17, 15) is 9.59 Å². The zero-order valence-corrected chi connectivity index (χ0v) is 22.9. The van der Waals surface area contributed by atoms with Crippen molar-refractivity contribution in [2.45, 2.75) is 44.8 Å². The lowest BCUT2D eigenvalue weighted by atomic mass is 10.2. The molecule has 2 atom stereocenters. The largest absolute Gasteiger partial charge is 0.488 e. The fourth-order valence-electron chi connectivity index (χ4n) is 4.42. The number of ether oxygens (including phenoxy) is 4. The average Bonchev–Trinajstić information content (AvgIpc) is 3.39. The highest BCUT2D eigenvalue weighted by molar-refractivity contribution is 6.04. The molecule has 1 aromatic carbocycles. The summed E-state index contributed by atoms with van der Waals surface area (Å²) in [7, 11) is 3.36. The lowest BCUT2D eigenvalue weighted by Crippen LogP contribution is -2.40. The minimum absolute atomic E-state index is 0.0778. The highest BCUT2D eigenvalue weighted by atomic mass is 16.5. The van der Waals surface area contributed by atoms with Crippen molar-refractivity contribution >= 4 is 23.5 Å². The zero-order chi connectivity index (χ0) is 28.1. The molecule has 2 aliphatic rings. The van der Waals surface area contributed by atoms with E-state index in [-0.39, 0.29) is 23.8 Å². The zero-order valence-electron chi connectivity index (χ0n) is 22.9. The van der Waals surface area contributed by atoms with Gasteiger partial charge in [-0.05, 0) is 50.7 Å². The minimum Gasteiger partial charge on any atom is -0.488 e. The molecule has 5 rings (SSSR count). The molecule has 3 heterocycles. The number of methoxy groups -OCH3 is 1. The third-order valence-corrected chi connectivity index (χ3v) is 6.56. The van der Waals surface area contributed by atoms with Gasteiger partial charge in [-0.3, -0.25) is 19.2 Å². The predicted octanol–water partition coefficient (Wildman–Crippen LogP) is 3.59. The summed E-state index contributed by atoms with van der Waals surface area (Å²) in [6.07, 6.45) is 7.82. The van der Waals surface area contributed by atoms with Crippen LogP contribution in [0.15, 0.2) is 42.9 Å². The highest BCUT2D eigenvalue weighted by Crippen LogP contribution is 2.33. The molecule has 2 amide bonds. The summed E-state index contributed by atoms with van der Waals surface area (Å²) < 4.78 is 24.3. The average molecular weight is 551 g/mol. The van der Waals surface area contributed by atoms with Crippen molar-refractivity contribution in [1.82, 2.24) is 19.7 Å². The van der Waals surface area contributed by atoms with Crippen molar-refractivity contribution < 1.29 is 28.5 Å². The molecule has 40 heavy (non-hydrogen) atoms. The molecule has 1 N–H and O–H groups in total. The Labute approximate surface area is 232 Å². The summed E-state index contributed by atoms with van der Waals surface area (Å²) in [6, 6.07) is 6.57. The van der Waals surface area contributed by atoms with Gasteiger partial charge in [-0.15, -0.1) is 0 Å². The molecule has 2 aromatic heterocycles. The minimum atomic E-state index is -0.435. The van der Waals surface area contributed by atoms with E-state index >= 15 is 0 Å². The number of carbonyl (C=O) groups is 2. The fourth-order valence-corrected chi connectivity index (χ4v) is 4.42. The number of hydrogen-bond acceptors (Lipinski definition) is 9. The standard InChI is InChI=1S/C28H34N6O6/c1-18(17-37-3)39-21-11-20(27(35)31-24-8-9-33(2)32-24)12-22(13-21)40-26-15-29-25(14-30-26)34(16-19-6-7-19)28(36)23-5-4-10-38-23/h8-9,11-15,18-19,23H,4-7,10,16-17H2,1-3H3,(H,31,32,35)/t18-,23+/m0/s1. The summed E-state index contributed by atoms with van der Waals surface area (Å²) in [5.74, 6) is 1.87. The fraction of sp³-hybridized carbons (Fsp3) is 0.464. The third kappa shape index (κ3) is 7.13. The van der Waals surface area contributed by atoms with Crippen LogP contribution in [0.1, 0.15) is 43.0 Å². The van der Waals surface area contributed by atoms with Crippen molar-refractivity contribution in [1.29, 1.82) is 0 Å². The van der Waals surface area contributed by atoms with Crippen LogP contribution in [0.5, 0.6) is 17.4 Å². The number of nitrogens with zero attached hydrogens (tertiary/aromatic N) is 5. The van der Waals surface area contributed by atoms with Gasteiger partial charge in [-0.1, -0.05) is 0 Å². The molecule has 1 saturated heterocycles. The van der Waals surface area contributed by atoms with Crippen LogP contribution < -0.4 is 19.7 Å². The molecular weight excluding hydrogens is 516 g/mol. The van der Waals surface area contributed by atoms with E-state index in [0.29, 0.717) is 60.8 Å². The molecule has 0 bridgehead atoms. The summed E-state index contributed by atoms with van der Waals surface area (Å²) in [6.45, 7) is 3.43. The number of aryl methyl sites for hydroxylation is 1. The van der Waals surface area contributed by atoms with E-state index in [1.807, 2.05) is 6.92 Å². The molecule has 1 saturated carbocycles. The van der Waals surface area contributed by atoms with Crippen LogP contribution >= 0.6 is 0 Å². The predicted molar refractivity (Wildman–Crippen MR) is 146 cm³/mol. The van der Waals surface area contributed by atoms with E-state index < -0.39 is 6.10 Å². The van der Waals surface area contributed by atoms with Crippen molar-refractivity contribution in [3.63, 3.8) is 0 Å². The van der Waals surface area contributed by atoms with Gasteiger partial charge in [0.15, 0.2) is 11.6 Å². The monoisotopic (exact) mass is 550 g/mol. The van der Waals surface area contributed by atoms with Crippen LogP contribution in [0.4, 0.5) is 11.6 Å². The first-order valence-corrected chi connectivity index (χ1v) is 13.4. The van der Waals surface area contributed by atoms with Crippen molar-refractivity contribution in [2.24, 2.45) is 13.0 Å². The molecule has 12 nitrogen and oxygen atoms in total. The molecule has 12 heteroatoms. The first-order valence-electron chi connectivity index (χ1n) is 13.4. The topological polar surface area (TPSA) is 130 Å². The van der Waals surface area contributed by atoms with E-state index in [1.165, 1.54) is 12.4 Å². The molecule has 1 aliphatic carbocycles. The highest BCUT2D eigenvalue weighted by Gasteiger charge is 2.34. The van der Waals surface area contributed by atoms with Crippen molar-refractivity contribution in [3.8, 4) is 17.4 Å². The van der Waals surface area contributed by atoms with Crippen LogP contribution in [0.25, 0.3) is 0 Å². The van der Waals surface area contributed by atoms with E-state index in [4.69, 9.17) is 18.9 Å². The maximum Gasteiger partial charge on any atom is 0.257 e. The molecule has 0 radical (unpaired) electrons. The molecule has 0 unspecified atom stereocenters. The molecular formula is C28H34N6O6. The van der Waals surface area contributed by atoms with Gasteiger partial charge in [0.2, 0.25) is 5.88 Å². The first kappa shape index (κ1) is 27.5. The van der Waals surface area contributed by atoms with Gasteiger partial charge in [-0.25, -0.2) is 9.97 Å². The lowest BCUT2D eigenvalue weighted by molar-refractivity contribution is -0.127. The van der Waals surface area contributed by atoms with Crippen LogP contribution in [-0.2, 0) is 21.3 Å². The van der Waals surface area contributed by atoms with Gasteiger partial charge in [-0.2, -0.15) is 5.10 Å². The summed E-state index contributed by atoms with van der Waals surface area (Å²) in [4.78, 5) is 36.7. The number of benzene rings is 1. The van der Waals surface area contributed by atoms with E-state index in [0.717, 1.165) is 19.3 Å². The number of rotatable bonds is 12. The van der Waals surface area contributed by atoms with Crippen LogP contribution in [0.2, 0.25) is 0 Å². The van der Waals surface area contributed by atoms with Crippen LogP contribution in [0, 0.1) is 5.92 Å². The maximum atomic E-state index is 13.1. The number of anilines is 2. The Bertz CT molecular complexity index is 1320. The normalized spacial score (nSPS) is 17.3. The van der Waals surface area contributed by atoms with E-state index in [1.54, 1.807) is 54.2 Å². The summed E-state index contributed by atoms with van der Waals surface area (Å²) >= 11 is 0. The second-order valence-corrected chi connectivity index (χ2v) is 10.1. The molecule has 2 fully saturated rings. The number of aromatic nitrogens is 4.